The summed E-state index contributed by atoms with van der Waals surface area (Å²) in [4.78, 5) is 32.0. The van der Waals surface area contributed by atoms with E-state index in [1.54, 1.807) is 18.2 Å². The van der Waals surface area contributed by atoms with Crippen LogP contribution < -0.4 is 15.8 Å². The SMILES string of the molecule is Cl.O=c1[nH]c2c3c(ccc2n(-c2cccc(NS(=O)(=O)c4cccnc4)c2)c1=O)CCCC3. The molecular weight excluding hydrogens is 464 g/mol. The predicted molar refractivity (Wildman–Crippen MR) is 129 cm³/mol. The van der Waals surface area contributed by atoms with Gasteiger partial charge >= 0.3 is 11.1 Å². The summed E-state index contributed by atoms with van der Waals surface area (Å²) in [6.45, 7) is 0. The molecule has 170 valence electrons. The Morgan fingerprint density at radius 2 is 1.82 bits per heavy atom. The summed E-state index contributed by atoms with van der Waals surface area (Å²) in [5, 5.41) is 0. The Morgan fingerprint density at radius 3 is 2.61 bits per heavy atom. The average molecular weight is 485 g/mol. The zero-order valence-electron chi connectivity index (χ0n) is 17.4. The number of pyridine rings is 1. The molecule has 0 atom stereocenters. The fourth-order valence-corrected chi connectivity index (χ4v) is 5.22. The molecule has 2 aromatic heterocycles. The van der Waals surface area contributed by atoms with Crippen molar-refractivity contribution >= 4 is 39.2 Å². The maximum absolute atomic E-state index is 12.8. The number of rotatable bonds is 4. The van der Waals surface area contributed by atoms with Gasteiger partial charge in [0.2, 0.25) is 0 Å². The molecule has 0 unspecified atom stereocenters. The van der Waals surface area contributed by atoms with Gasteiger partial charge in [0.15, 0.2) is 0 Å². The number of hydrogen-bond acceptors (Lipinski definition) is 5. The number of nitrogens with one attached hydrogen (secondary N) is 2. The van der Waals surface area contributed by atoms with Gasteiger partial charge in [-0.3, -0.25) is 23.9 Å². The summed E-state index contributed by atoms with van der Waals surface area (Å²) in [6.07, 6.45) is 6.65. The molecule has 2 aromatic carbocycles. The highest BCUT2D eigenvalue weighted by molar-refractivity contribution is 7.92. The molecule has 0 aliphatic heterocycles. The fourth-order valence-electron chi connectivity index (χ4n) is 4.20. The Hall–Kier alpha value is -3.43. The molecule has 33 heavy (non-hydrogen) atoms. The van der Waals surface area contributed by atoms with E-state index in [0.717, 1.165) is 31.2 Å². The number of sulfonamides is 1. The number of H-pyrrole nitrogens is 1. The van der Waals surface area contributed by atoms with Crippen LogP contribution in [0.25, 0.3) is 16.7 Å². The normalized spacial score (nSPS) is 13.2. The van der Waals surface area contributed by atoms with Crippen molar-refractivity contribution in [2.24, 2.45) is 0 Å². The van der Waals surface area contributed by atoms with E-state index in [-0.39, 0.29) is 23.0 Å². The van der Waals surface area contributed by atoms with Crippen LogP contribution in [0.2, 0.25) is 0 Å². The smallest absolute Gasteiger partial charge is 0.316 e. The third-order valence-corrected chi connectivity index (χ3v) is 7.06. The van der Waals surface area contributed by atoms with Gasteiger partial charge in [-0.2, -0.15) is 0 Å². The first-order valence-electron chi connectivity index (χ1n) is 10.3. The number of aryl methyl sites for hydroxylation is 2. The Labute approximate surface area is 195 Å². The molecule has 4 aromatic rings. The minimum atomic E-state index is -3.85. The maximum atomic E-state index is 12.8. The molecule has 1 aliphatic carbocycles. The van der Waals surface area contributed by atoms with E-state index < -0.39 is 21.1 Å². The van der Waals surface area contributed by atoms with Crippen molar-refractivity contribution in [1.29, 1.82) is 0 Å². The first-order valence-corrected chi connectivity index (χ1v) is 11.8. The Bertz CT molecular complexity index is 1560. The number of aromatic amines is 1. The molecule has 2 heterocycles. The van der Waals surface area contributed by atoms with Crippen molar-refractivity contribution in [2.75, 3.05) is 4.72 Å². The molecule has 0 spiro atoms. The number of halogens is 1. The molecule has 10 heteroatoms. The van der Waals surface area contributed by atoms with Gasteiger partial charge in [0.1, 0.15) is 4.90 Å². The third kappa shape index (κ3) is 4.17. The van der Waals surface area contributed by atoms with Crippen LogP contribution in [0.4, 0.5) is 5.69 Å². The standard InChI is InChI=1S/C23H20N4O4S.ClH/c28-22-23(29)27(20-11-10-15-5-1-2-9-19(15)21(20)25-22)17-7-3-6-16(13-17)26-32(30,31)18-8-4-12-24-14-18;/h3-4,6-8,10-14,26H,1-2,5,9H2,(H,25,28);1H. The Balaban J connectivity index is 0.00000259. The van der Waals surface area contributed by atoms with Crippen LogP contribution in [0.3, 0.4) is 0 Å². The van der Waals surface area contributed by atoms with Gasteiger partial charge in [0.25, 0.3) is 10.0 Å². The van der Waals surface area contributed by atoms with Crippen LogP contribution in [0.15, 0.2) is 75.4 Å². The lowest BCUT2D eigenvalue weighted by Gasteiger charge is -2.19. The van der Waals surface area contributed by atoms with Crippen LogP contribution in [-0.2, 0) is 22.9 Å². The fraction of sp³-hybridized carbons (Fsp3) is 0.174. The van der Waals surface area contributed by atoms with E-state index in [2.05, 4.69) is 14.7 Å². The Morgan fingerprint density at radius 1 is 1.00 bits per heavy atom. The predicted octanol–water partition coefficient (Wildman–Crippen LogP) is 3.18. The van der Waals surface area contributed by atoms with Gasteiger partial charge in [-0.1, -0.05) is 12.1 Å². The van der Waals surface area contributed by atoms with E-state index in [4.69, 9.17) is 0 Å². The number of hydrogen-bond donors (Lipinski definition) is 2. The quantitative estimate of drug-likeness (QED) is 0.432. The second-order valence-corrected chi connectivity index (χ2v) is 9.43. The molecule has 5 rings (SSSR count). The van der Waals surface area contributed by atoms with E-state index >= 15 is 0 Å². The zero-order chi connectivity index (χ0) is 22.3. The van der Waals surface area contributed by atoms with Gasteiger partial charge in [0.05, 0.1) is 22.4 Å². The number of fused-ring (bicyclic) bond motifs is 3. The summed E-state index contributed by atoms with van der Waals surface area (Å²) in [7, 11) is -3.85. The molecular formula is C23H21ClN4O4S. The van der Waals surface area contributed by atoms with Crippen molar-refractivity contribution in [1.82, 2.24) is 14.5 Å². The van der Waals surface area contributed by atoms with Crippen LogP contribution in [0.5, 0.6) is 0 Å². The van der Waals surface area contributed by atoms with Crippen molar-refractivity contribution in [3.63, 3.8) is 0 Å². The minimum absolute atomic E-state index is 0. The molecule has 0 bridgehead atoms. The number of benzene rings is 2. The van der Waals surface area contributed by atoms with Crippen molar-refractivity contribution in [2.45, 2.75) is 30.6 Å². The summed E-state index contributed by atoms with van der Waals surface area (Å²) in [6, 6.07) is 13.2. The number of nitrogens with zero attached hydrogens (tertiary/aromatic N) is 2. The van der Waals surface area contributed by atoms with Crippen molar-refractivity contribution in [3.05, 3.63) is 92.8 Å². The van der Waals surface area contributed by atoms with Gasteiger partial charge in [-0.15, -0.1) is 12.4 Å². The van der Waals surface area contributed by atoms with Crippen LogP contribution in [0.1, 0.15) is 24.0 Å². The molecule has 8 nitrogen and oxygen atoms in total. The number of aromatic nitrogens is 3. The second kappa shape index (κ2) is 8.84. The lowest BCUT2D eigenvalue weighted by molar-refractivity contribution is 0.601. The highest BCUT2D eigenvalue weighted by Gasteiger charge is 2.18. The largest absolute Gasteiger partial charge is 0.321 e. The first kappa shape index (κ1) is 22.8. The monoisotopic (exact) mass is 484 g/mol. The van der Waals surface area contributed by atoms with Crippen LogP contribution in [-0.4, -0.2) is 23.0 Å². The summed E-state index contributed by atoms with van der Waals surface area (Å²) in [5.41, 5.74) is 2.72. The van der Waals surface area contributed by atoms with Gasteiger partial charge < -0.3 is 4.98 Å². The molecule has 0 fully saturated rings. The topological polar surface area (TPSA) is 114 Å². The lowest BCUT2D eigenvalue weighted by Crippen LogP contribution is -2.36. The van der Waals surface area contributed by atoms with Crippen molar-refractivity contribution < 1.29 is 8.42 Å². The van der Waals surface area contributed by atoms with Crippen molar-refractivity contribution in [3.8, 4) is 5.69 Å². The van der Waals surface area contributed by atoms with E-state index in [0.29, 0.717) is 16.7 Å². The van der Waals surface area contributed by atoms with Gasteiger partial charge in [0, 0.05) is 12.4 Å². The third-order valence-electron chi connectivity index (χ3n) is 5.69. The minimum Gasteiger partial charge on any atom is -0.316 e. The molecule has 2 N–H and O–H groups in total. The van der Waals surface area contributed by atoms with Gasteiger partial charge in [-0.05, 0) is 73.2 Å². The first-order chi connectivity index (χ1) is 15.4. The molecule has 0 radical (unpaired) electrons. The highest BCUT2D eigenvalue weighted by atomic mass is 35.5. The van der Waals surface area contributed by atoms with E-state index in [9.17, 15) is 18.0 Å². The van der Waals surface area contributed by atoms with Crippen LogP contribution in [0, 0.1) is 0 Å². The molecule has 1 aliphatic rings. The Kier molecular flexibility index (Phi) is 6.09. The molecule has 0 amide bonds. The summed E-state index contributed by atoms with van der Waals surface area (Å²) >= 11 is 0. The second-order valence-electron chi connectivity index (χ2n) is 7.74. The average Bonchev–Trinajstić information content (AvgIpc) is 2.80. The van der Waals surface area contributed by atoms with Crippen LogP contribution >= 0.6 is 12.4 Å². The molecule has 0 saturated heterocycles. The zero-order valence-corrected chi connectivity index (χ0v) is 19.1. The molecule has 0 saturated carbocycles. The highest BCUT2D eigenvalue weighted by Crippen LogP contribution is 2.28. The van der Waals surface area contributed by atoms with E-state index in [1.165, 1.54) is 40.7 Å². The summed E-state index contributed by atoms with van der Waals surface area (Å²) in [5.74, 6) is 0. The summed E-state index contributed by atoms with van der Waals surface area (Å²) < 4.78 is 29.2. The van der Waals surface area contributed by atoms with Gasteiger partial charge in [-0.25, -0.2) is 8.42 Å². The van der Waals surface area contributed by atoms with E-state index in [1.807, 2.05) is 12.1 Å². The maximum Gasteiger partial charge on any atom is 0.321 e. The number of anilines is 1. The lowest BCUT2D eigenvalue weighted by atomic mass is 9.90.